The third kappa shape index (κ3) is 5.43. The van der Waals surface area contributed by atoms with Gasteiger partial charge in [0.25, 0.3) is 0 Å². The van der Waals surface area contributed by atoms with E-state index >= 15 is 0 Å². The summed E-state index contributed by atoms with van der Waals surface area (Å²) in [6, 6.07) is 2.61. The smallest absolute Gasteiger partial charge is 0.410 e. The quantitative estimate of drug-likeness (QED) is 0.181. The van der Waals surface area contributed by atoms with E-state index in [-0.39, 0.29) is 26.4 Å². The molecule has 4 atom stereocenters. The molecule has 3 unspecified atom stereocenters. The van der Waals surface area contributed by atoms with E-state index in [4.69, 9.17) is 14.1 Å². The molecule has 1 spiro atoms. The topological polar surface area (TPSA) is 44.2 Å². The number of fused-ring (bicyclic) bond motifs is 4. The highest BCUT2D eigenvalue weighted by Gasteiger charge is 2.57. The summed E-state index contributed by atoms with van der Waals surface area (Å²) in [6.07, 6.45) is 0.507. The monoisotopic (exact) mass is 700 g/mol. The van der Waals surface area contributed by atoms with E-state index in [2.05, 4.69) is 89.1 Å². The molecule has 226 valence electrons. The van der Waals surface area contributed by atoms with Gasteiger partial charge in [-0.1, -0.05) is 71.1 Å². The van der Waals surface area contributed by atoms with Gasteiger partial charge in [0.05, 0.1) is 17.4 Å². The van der Waals surface area contributed by atoms with Crippen molar-refractivity contribution in [2.24, 2.45) is 5.41 Å². The Morgan fingerprint density at radius 3 is 2.32 bits per heavy atom. The molecular weight excluding hydrogens is 656 g/mol. The lowest BCUT2D eigenvalue weighted by molar-refractivity contribution is -0.137. The van der Waals surface area contributed by atoms with E-state index in [1.165, 1.54) is 17.2 Å². The zero-order valence-corrected chi connectivity index (χ0v) is 29.0. The number of pyridine rings is 2. The van der Waals surface area contributed by atoms with Crippen molar-refractivity contribution in [2.45, 2.75) is 133 Å². The van der Waals surface area contributed by atoms with Gasteiger partial charge in [0.2, 0.25) is 0 Å². The van der Waals surface area contributed by atoms with Crippen molar-refractivity contribution >= 4 is 30.9 Å². The number of ether oxygens (including phenoxy) is 1. The number of hydrogen-bond acceptors (Lipinski definition) is 4. The molecule has 2 aliphatic carbocycles. The van der Waals surface area contributed by atoms with Crippen LogP contribution in [0.5, 0.6) is 0 Å². The molecule has 0 aromatic carbocycles. The van der Waals surface area contributed by atoms with Crippen LogP contribution < -0.4 is 0 Å². The molecule has 41 heavy (non-hydrogen) atoms. The first kappa shape index (κ1) is 31.4. The molecule has 1 saturated carbocycles. The predicted molar refractivity (Wildman–Crippen MR) is 167 cm³/mol. The Morgan fingerprint density at radius 2 is 1.80 bits per heavy atom. The second-order valence-corrected chi connectivity index (χ2v) is 21.2. The van der Waals surface area contributed by atoms with E-state index < -0.39 is 31.8 Å². The minimum atomic E-state index is -4.44. The highest BCUT2D eigenvalue weighted by Crippen LogP contribution is 2.62. The van der Waals surface area contributed by atoms with Crippen LogP contribution in [-0.2, 0) is 27.4 Å². The van der Waals surface area contributed by atoms with Crippen LogP contribution in [0.1, 0.15) is 132 Å². The fourth-order valence-electron chi connectivity index (χ4n) is 6.70. The second kappa shape index (κ2) is 10.3. The largest absolute Gasteiger partial charge is 0.417 e. The fourth-order valence-corrected chi connectivity index (χ4v) is 9.18. The van der Waals surface area contributed by atoms with Crippen LogP contribution in [0.2, 0.25) is 18.1 Å². The molecule has 1 aliphatic heterocycles. The second-order valence-electron chi connectivity index (χ2n) is 14.9. The lowest BCUT2D eigenvalue weighted by Crippen LogP contribution is -2.44. The summed E-state index contributed by atoms with van der Waals surface area (Å²) in [4.78, 5) is 9.73. The maximum absolute atomic E-state index is 13.4. The third-order valence-corrected chi connectivity index (χ3v) is 15.9. The minimum absolute atomic E-state index is 0.0237. The van der Waals surface area contributed by atoms with Gasteiger partial charge in [-0.25, -0.2) is 0 Å². The summed E-state index contributed by atoms with van der Waals surface area (Å²) in [5.41, 5.74) is 4.72. The molecule has 0 bridgehead atoms. The van der Waals surface area contributed by atoms with Crippen LogP contribution in [0, 0.1) is 5.41 Å². The van der Waals surface area contributed by atoms with Gasteiger partial charge >= 0.3 is 6.18 Å². The van der Waals surface area contributed by atoms with Gasteiger partial charge in [-0.05, 0) is 73.7 Å². The highest BCUT2D eigenvalue weighted by atomic mass is 127. The maximum Gasteiger partial charge on any atom is 0.417 e. The van der Waals surface area contributed by atoms with Crippen molar-refractivity contribution in [3.05, 3.63) is 57.7 Å². The lowest BCUT2D eigenvalue weighted by Gasteiger charge is -2.45. The van der Waals surface area contributed by atoms with Gasteiger partial charge in [-0.2, -0.15) is 13.2 Å². The van der Waals surface area contributed by atoms with E-state index in [0.29, 0.717) is 5.69 Å². The molecule has 2 aromatic rings. The first-order valence-electron chi connectivity index (χ1n) is 14.9. The number of halogens is 4. The summed E-state index contributed by atoms with van der Waals surface area (Å²) in [5.74, 6) is 0.114. The molecule has 0 radical (unpaired) electrons. The fraction of sp³-hybridized carbons (Fsp3) is 0.688. The van der Waals surface area contributed by atoms with Crippen molar-refractivity contribution in [3.8, 4) is 0 Å². The van der Waals surface area contributed by atoms with Crippen LogP contribution in [0.3, 0.4) is 0 Å². The van der Waals surface area contributed by atoms with Gasteiger partial charge in [-0.3, -0.25) is 9.97 Å². The Balaban J connectivity index is 1.78. The van der Waals surface area contributed by atoms with Crippen molar-refractivity contribution in [1.82, 2.24) is 9.97 Å². The van der Waals surface area contributed by atoms with Crippen molar-refractivity contribution in [3.63, 3.8) is 0 Å². The number of hydrogen-bond donors (Lipinski definition) is 0. The van der Waals surface area contributed by atoms with E-state index in [9.17, 15) is 13.2 Å². The van der Waals surface area contributed by atoms with Gasteiger partial charge in [0.15, 0.2) is 8.32 Å². The average Bonchev–Trinajstić information content (AvgIpc) is 3.37. The van der Waals surface area contributed by atoms with Crippen LogP contribution in [0.4, 0.5) is 13.2 Å². The molecule has 1 fully saturated rings. The van der Waals surface area contributed by atoms with Crippen molar-refractivity contribution < 1.29 is 22.3 Å². The van der Waals surface area contributed by atoms with Crippen LogP contribution in [0.15, 0.2) is 18.3 Å². The standard InChI is InChI=1S/C32H44F3IN2O2Si/c1-18(2)27-25-26(24-21(38-27)15-30(6,7)16-22(24)40-41(8,9)29(3,4)5)31(14-10-11-23(31)36)39-28(25)20-13-12-19(17-37-20)32(33,34)35/h12-13,17-18,22-23,28H,10-11,14-16H2,1-9H3/t22?,23?,28-,31?/m1/s1. The van der Waals surface area contributed by atoms with Crippen LogP contribution in [-0.4, -0.2) is 22.2 Å². The molecule has 9 heteroatoms. The zero-order chi connectivity index (χ0) is 30.3. The number of nitrogens with zero attached hydrogens (tertiary/aromatic N) is 2. The number of alkyl halides is 4. The van der Waals surface area contributed by atoms with E-state index in [0.717, 1.165) is 61.3 Å². The summed E-state index contributed by atoms with van der Waals surface area (Å²) in [6.45, 7) is 20.3. The Bertz CT molecular complexity index is 1320. The van der Waals surface area contributed by atoms with Gasteiger partial charge in [-0.15, -0.1) is 0 Å². The Labute approximate surface area is 257 Å². The van der Waals surface area contributed by atoms with E-state index in [1.54, 1.807) is 0 Å². The molecule has 0 amide bonds. The Morgan fingerprint density at radius 1 is 1.12 bits per heavy atom. The first-order valence-corrected chi connectivity index (χ1v) is 19.0. The summed E-state index contributed by atoms with van der Waals surface area (Å²) in [5, 5.41) is 0.0449. The molecule has 5 rings (SSSR count). The van der Waals surface area contributed by atoms with E-state index in [1.807, 2.05) is 0 Å². The summed E-state index contributed by atoms with van der Waals surface area (Å²) < 4.78 is 54.9. The highest BCUT2D eigenvalue weighted by molar-refractivity contribution is 14.1. The van der Waals surface area contributed by atoms with Crippen molar-refractivity contribution in [2.75, 3.05) is 0 Å². The number of rotatable bonds is 4. The number of aromatic nitrogens is 2. The van der Waals surface area contributed by atoms with Gasteiger partial charge in [0, 0.05) is 38.2 Å². The van der Waals surface area contributed by atoms with Gasteiger partial charge in [0.1, 0.15) is 11.7 Å². The average molecular weight is 701 g/mol. The minimum Gasteiger partial charge on any atom is -0.410 e. The van der Waals surface area contributed by atoms with Crippen LogP contribution in [0.25, 0.3) is 0 Å². The third-order valence-electron chi connectivity index (χ3n) is 9.78. The molecule has 3 aliphatic rings. The van der Waals surface area contributed by atoms with Crippen LogP contribution >= 0.6 is 22.6 Å². The SMILES string of the molecule is CC(C)c1nc2c(c3c1[C@@H](c1ccc(C(F)(F)F)cn1)OC31CCCC1I)C(O[Si](C)(C)C(C)(C)C)CC(C)(C)C2. The maximum atomic E-state index is 13.4. The van der Waals surface area contributed by atoms with Crippen molar-refractivity contribution in [1.29, 1.82) is 0 Å². The molecule has 0 N–H and O–H groups in total. The molecule has 2 aromatic heterocycles. The normalized spacial score (nSPS) is 27.9. The predicted octanol–water partition coefficient (Wildman–Crippen LogP) is 9.96. The summed E-state index contributed by atoms with van der Waals surface area (Å²) >= 11 is 2.54. The first-order chi connectivity index (χ1) is 18.8. The Kier molecular flexibility index (Phi) is 7.85. The Hall–Kier alpha value is -1.04. The molecule has 4 nitrogen and oxygen atoms in total. The summed E-state index contributed by atoms with van der Waals surface area (Å²) in [7, 11) is -2.15. The lowest BCUT2D eigenvalue weighted by atomic mass is 9.70. The molecule has 0 saturated heterocycles. The molecular formula is C32H44F3IN2O2Si. The molecule has 3 heterocycles. The zero-order valence-electron chi connectivity index (χ0n) is 25.8. The van der Waals surface area contributed by atoms with Gasteiger partial charge < -0.3 is 9.16 Å².